The number of carbonyl (C=O) groups is 1. The topological polar surface area (TPSA) is 38.3 Å². The Labute approximate surface area is 122 Å². The lowest BCUT2D eigenvalue weighted by molar-refractivity contribution is 0.0600. The molecule has 0 bridgehead atoms. The molecule has 1 N–H and O–H groups in total. The molecule has 0 radical (unpaired) electrons. The Morgan fingerprint density at radius 3 is 2.74 bits per heavy atom. The Bertz CT molecular complexity index is 469. The lowest BCUT2D eigenvalue weighted by atomic mass is 9.70. The maximum Gasteiger partial charge on any atom is 0.337 e. The van der Waals surface area contributed by atoms with Gasteiger partial charge in [0.15, 0.2) is 0 Å². The van der Waals surface area contributed by atoms with E-state index < -0.39 is 0 Å². The molecule has 0 unspecified atom stereocenters. The zero-order chi connectivity index (χ0) is 13.9. The molecule has 4 heteroatoms. The van der Waals surface area contributed by atoms with Crippen molar-refractivity contribution in [2.45, 2.75) is 32.7 Å². The van der Waals surface area contributed by atoms with Crippen molar-refractivity contribution in [2.24, 2.45) is 5.41 Å². The van der Waals surface area contributed by atoms with Crippen LogP contribution in [0.15, 0.2) is 22.7 Å². The lowest BCUT2D eigenvalue weighted by Crippen LogP contribution is -2.37. The molecule has 1 fully saturated rings. The Hall–Kier alpha value is -0.870. The zero-order valence-corrected chi connectivity index (χ0v) is 13.0. The highest BCUT2D eigenvalue weighted by Crippen LogP contribution is 2.39. The van der Waals surface area contributed by atoms with Crippen molar-refractivity contribution in [3.8, 4) is 0 Å². The van der Waals surface area contributed by atoms with Gasteiger partial charge in [-0.1, -0.05) is 35.3 Å². The first kappa shape index (κ1) is 14.5. The third kappa shape index (κ3) is 3.57. The van der Waals surface area contributed by atoms with Crippen LogP contribution in [0.25, 0.3) is 0 Å². The molecular formula is C15H20BrNO2. The molecule has 1 aliphatic rings. The molecule has 0 heterocycles. The Morgan fingerprint density at radius 2 is 2.21 bits per heavy atom. The number of rotatable bonds is 5. The molecule has 0 aliphatic heterocycles. The molecule has 0 saturated heterocycles. The zero-order valence-electron chi connectivity index (χ0n) is 11.5. The summed E-state index contributed by atoms with van der Waals surface area (Å²) in [6.45, 7) is 4.20. The first-order valence-electron chi connectivity index (χ1n) is 6.61. The van der Waals surface area contributed by atoms with Crippen LogP contribution >= 0.6 is 15.9 Å². The number of hydrogen-bond acceptors (Lipinski definition) is 3. The minimum absolute atomic E-state index is 0.304. The molecule has 1 aliphatic carbocycles. The first-order chi connectivity index (χ1) is 9.04. The predicted molar refractivity (Wildman–Crippen MR) is 79.1 cm³/mol. The third-order valence-corrected chi connectivity index (χ3v) is 4.64. The van der Waals surface area contributed by atoms with Crippen LogP contribution in [0.1, 0.15) is 42.1 Å². The highest BCUT2D eigenvalue weighted by atomic mass is 79.9. The van der Waals surface area contributed by atoms with Crippen LogP contribution in [0.3, 0.4) is 0 Å². The van der Waals surface area contributed by atoms with Crippen molar-refractivity contribution < 1.29 is 9.53 Å². The molecule has 0 aromatic heterocycles. The number of benzene rings is 1. The molecule has 2 rings (SSSR count). The summed E-state index contributed by atoms with van der Waals surface area (Å²) in [7, 11) is 1.39. The number of nitrogens with one attached hydrogen (secondary N) is 1. The van der Waals surface area contributed by atoms with Crippen LogP contribution in [0.5, 0.6) is 0 Å². The van der Waals surface area contributed by atoms with Gasteiger partial charge in [-0.15, -0.1) is 0 Å². The number of methoxy groups -OCH3 is 1. The van der Waals surface area contributed by atoms with Crippen LogP contribution in [-0.2, 0) is 11.3 Å². The lowest BCUT2D eigenvalue weighted by Gasteiger charge is -2.38. The fourth-order valence-electron chi connectivity index (χ4n) is 2.39. The Balaban J connectivity index is 1.91. The van der Waals surface area contributed by atoms with Gasteiger partial charge in [0.2, 0.25) is 0 Å². The van der Waals surface area contributed by atoms with Gasteiger partial charge in [-0.05, 0) is 36.0 Å². The van der Waals surface area contributed by atoms with Crippen LogP contribution in [0.2, 0.25) is 0 Å². The predicted octanol–water partition coefficient (Wildman–Crippen LogP) is 3.52. The molecule has 0 atom stereocenters. The Kier molecular flexibility index (Phi) is 4.63. The van der Waals surface area contributed by atoms with Crippen molar-refractivity contribution in [1.29, 1.82) is 0 Å². The second kappa shape index (κ2) is 6.06. The standard InChI is InChI=1S/C15H20BrNO2/c1-15(6-3-7-15)10-17-9-12-5-4-11(8-13(12)16)14(18)19-2/h4-5,8,17H,3,6-7,9-10H2,1-2H3. The summed E-state index contributed by atoms with van der Waals surface area (Å²) in [5, 5.41) is 3.50. The van der Waals surface area contributed by atoms with E-state index in [0.717, 1.165) is 23.1 Å². The molecule has 3 nitrogen and oxygen atoms in total. The van der Waals surface area contributed by atoms with E-state index >= 15 is 0 Å². The van der Waals surface area contributed by atoms with Gasteiger partial charge in [0, 0.05) is 17.6 Å². The van der Waals surface area contributed by atoms with Crippen molar-refractivity contribution in [2.75, 3.05) is 13.7 Å². The van der Waals surface area contributed by atoms with Gasteiger partial charge < -0.3 is 10.1 Å². The molecule has 0 amide bonds. The average molecular weight is 326 g/mol. The Morgan fingerprint density at radius 1 is 1.47 bits per heavy atom. The van der Waals surface area contributed by atoms with Gasteiger partial charge >= 0.3 is 5.97 Å². The summed E-state index contributed by atoms with van der Waals surface area (Å²) in [6.07, 6.45) is 4.00. The summed E-state index contributed by atoms with van der Waals surface area (Å²) in [4.78, 5) is 11.4. The quantitative estimate of drug-likeness (QED) is 0.842. The van der Waals surface area contributed by atoms with Crippen molar-refractivity contribution in [1.82, 2.24) is 5.32 Å². The average Bonchev–Trinajstić information content (AvgIpc) is 2.37. The van der Waals surface area contributed by atoms with Gasteiger partial charge in [0.05, 0.1) is 12.7 Å². The third-order valence-electron chi connectivity index (χ3n) is 3.90. The minimum atomic E-state index is -0.304. The van der Waals surface area contributed by atoms with E-state index in [1.807, 2.05) is 12.1 Å². The number of ether oxygens (including phenoxy) is 1. The largest absolute Gasteiger partial charge is 0.465 e. The number of carbonyl (C=O) groups excluding carboxylic acids is 1. The number of halogens is 1. The SMILES string of the molecule is COC(=O)c1ccc(CNCC2(C)CCC2)c(Br)c1. The van der Waals surface area contributed by atoms with E-state index in [1.165, 1.54) is 26.4 Å². The van der Waals surface area contributed by atoms with E-state index in [0.29, 0.717) is 11.0 Å². The molecule has 19 heavy (non-hydrogen) atoms. The maximum atomic E-state index is 11.4. The van der Waals surface area contributed by atoms with E-state index in [1.54, 1.807) is 6.07 Å². The van der Waals surface area contributed by atoms with Gasteiger partial charge in [-0.25, -0.2) is 4.79 Å². The van der Waals surface area contributed by atoms with Gasteiger partial charge in [-0.3, -0.25) is 0 Å². The summed E-state index contributed by atoms with van der Waals surface area (Å²) >= 11 is 3.51. The smallest absolute Gasteiger partial charge is 0.337 e. The molecule has 1 aromatic carbocycles. The van der Waals surface area contributed by atoms with Crippen molar-refractivity contribution in [3.63, 3.8) is 0 Å². The molecular weight excluding hydrogens is 306 g/mol. The highest BCUT2D eigenvalue weighted by Gasteiger charge is 2.30. The minimum Gasteiger partial charge on any atom is -0.465 e. The van der Waals surface area contributed by atoms with E-state index in [9.17, 15) is 4.79 Å². The monoisotopic (exact) mass is 325 g/mol. The second-order valence-corrected chi connectivity index (χ2v) is 6.42. The van der Waals surface area contributed by atoms with Crippen LogP contribution in [-0.4, -0.2) is 19.6 Å². The van der Waals surface area contributed by atoms with E-state index in [-0.39, 0.29) is 5.97 Å². The maximum absolute atomic E-state index is 11.4. The van der Waals surface area contributed by atoms with Gasteiger partial charge in [0.1, 0.15) is 0 Å². The van der Waals surface area contributed by atoms with Gasteiger partial charge in [-0.2, -0.15) is 0 Å². The number of hydrogen-bond donors (Lipinski definition) is 1. The van der Waals surface area contributed by atoms with Gasteiger partial charge in [0.25, 0.3) is 0 Å². The van der Waals surface area contributed by atoms with Crippen molar-refractivity contribution in [3.05, 3.63) is 33.8 Å². The molecule has 104 valence electrons. The summed E-state index contributed by atoms with van der Waals surface area (Å²) < 4.78 is 5.65. The fourth-order valence-corrected chi connectivity index (χ4v) is 2.91. The molecule has 0 spiro atoms. The molecule has 1 saturated carbocycles. The normalized spacial score (nSPS) is 16.8. The van der Waals surface area contributed by atoms with E-state index in [4.69, 9.17) is 4.74 Å². The number of esters is 1. The van der Waals surface area contributed by atoms with Crippen molar-refractivity contribution >= 4 is 21.9 Å². The first-order valence-corrected chi connectivity index (χ1v) is 7.41. The van der Waals surface area contributed by atoms with Crippen LogP contribution in [0, 0.1) is 5.41 Å². The summed E-state index contributed by atoms with van der Waals surface area (Å²) in [6, 6.07) is 5.58. The molecule has 1 aromatic rings. The van der Waals surface area contributed by atoms with Crippen LogP contribution in [0.4, 0.5) is 0 Å². The second-order valence-electron chi connectivity index (χ2n) is 5.57. The summed E-state index contributed by atoms with van der Waals surface area (Å²) in [5.74, 6) is -0.304. The van der Waals surface area contributed by atoms with E-state index in [2.05, 4.69) is 28.2 Å². The van der Waals surface area contributed by atoms with Crippen LogP contribution < -0.4 is 5.32 Å². The fraction of sp³-hybridized carbons (Fsp3) is 0.533. The highest BCUT2D eigenvalue weighted by molar-refractivity contribution is 9.10. The summed E-state index contributed by atoms with van der Waals surface area (Å²) in [5.41, 5.74) is 2.22.